The van der Waals surface area contributed by atoms with Crippen molar-refractivity contribution >= 4 is 41.1 Å². The van der Waals surface area contributed by atoms with Crippen molar-refractivity contribution in [2.75, 3.05) is 13.2 Å². The Bertz CT molecular complexity index is 1140. The Morgan fingerprint density at radius 3 is 2.67 bits per heavy atom. The number of halogens is 1. The van der Waals surface area contributed by atoms with Gasteiger partial charge in [-0.3, -0.25) is 0 Å². The van der Waals surface area contributed by atoms with Crippen LogP contribution < -0.4 is 16.5 Å². The average molecular weight is 497 g/mol. The molecule has 1 atom stereocenters. The minimum atomic E-state index is -1.03. The number of thiocarbonyl (C=S) groups is 1. The Hall–Kier alpha value is -3.31. The van der Waals surface area contributed by atoms with Gasteiger partial charge in [-0.1, -0.05) is 23.7 Å². The first-order valence-electron chi connectivity index (χ1n) is 9.81. The highest BCUT2D eigenvalue weighted by Crippen LogP contribution is 2.16. The van der Waals surface area contributed by atoms with Crippen LogP contribution in [0.4, 0.5) is 4.79 Å². The zero-order valence-electron chi connectivity index (χ0n) is 17.8. The van der Waals surface area contributed by atoms with Crippen LogP contribution in [0.3, 0.4) is 0 Å². The zero-order chi connectivity index (χ0) is 24.0. The molecule has 33 heavy (non-hydrogen) atoms. The van der Waals surface area contributed by atoms with Crippen LogP contribution in [0.1, 0.15) is 24.0 Å². The molecule has 3 rings (SSSR count). The summed E-state index contributed by atoms with van der Waals surface area (Å²) >= 11 is 11.1. The summed E-state index contributed by atoms with van der Waals surface area (Å²) in [6.45, 7) is 2.68. The van der Waals surface area contributed by atoms with E-state index in [1.807, 2.05) is 12.1 Å². The van der Waals surface area contributed by atoms with Gasteiger partial charge >= 0.3 is 17.9 Å². The summed E-state index contributed by atoms with van der Waals surface area (Å²) in [5.41, 5.74) is 1.64. The minimum Gasteiger partial charge on any atom is -0.462 e. The monoisotopic (exact) mass is 496 g/mol. The maximum absolute atomic E-state index is 12.7. The number of hydrogen-bond acceptors (Lipinski definition) is 9. The molecule has 0 radical (unpaired) electrons. The third kappa shape index (κ3) is 6.83. The van der Waals surface area contributed by atoms with Gasteiger partial charge in [0.25, 0.3) is 0 Å². The summed E-state index contributed by atoms with van der Waals surface area (Å²) in [6.07, 6.45) is -0.551. The molecule has 1 aliphatic heterocycles. The van der Waals surface area contributed by atoms with Crippen molar-refractivity contribution in [1.82, 2.24) is 10.6 Å². The van der Waals surface area contributed by atoms with E-state index in [1.165, 1.54) is 6.92 Å². The fourth-order valence-corrected chi connectivity index (χ4v) is 3.55. The molecule has 2 aromatic rings. The molecule has 12 heteroatoms. The average Bonchev–Trinajstić information content (AvgIpc) is 3.07. The SMILES string of the molecule is CC1=C(C(=O)OCCc2cccc(Cl)c2)C(COC(=O)OCc2oc(=O)oc2C)NC(=S)N1. The van der Waals surface area contributed by atoms with Gasteiger partial charge in [-0.25, -0.2) is 14.4 Å². The van der Waals surface area contributed by atoms with E-state index in [1.54, 1.807) is 19.1 Å². The molecule has 1 aromatic carbocycles. The quantitative estimate of drug-likeness (QED) is 0.413. The molecule has 1 unspecified atom stereocenters. The molecule has 2 heterocycles. The number of rotatable bonds is 8. The smallest absolute Gasteiger partial charge is 0.462 e. The molecular formula is C21H21ClN2O8S. The lowest BCUT2D eigenvalue weighted by atomic mass is 10.0. The van der Waals surface area contributed by atoms with Crippen LogP contribution in [0, 0.1) is 6.92 Å². The van der Waals surface area contributed by atoms with Gasteiger partial charge in [0.15, 0.2) is 23.2 Å². The van der Waals surface area contributed by atoms with Gasteiger partial charge in [0, 0.05) is 17.1 Å². The number of aryl methyl sites for hydroxylation is 1. The van der Waals surface area contributed by atoms with E-state index >= 15 is 0 Å². The summed E-state index contributed by atoms with van der Waals surface area (Å²) in [6, 6.07) is 6.50. The number of ether oxygens (including phenoxy) is 3. The van der Waals surface area contributed by atoms with Crippen molar-refractivity contribution in [1.29, 1.82) is 0 Å². The predicted octanol–water partition coefficient (Wildman–Crippen LogP) is 2.75. The van der Waals surface area contributed by atoms with Gasteiger partial charge in [0.05, 0.1) is 18.2 Å². The number of carbonyl (C=O) groups excluding carboxylic acids is 2. The van der Waals surface area contributed by atoms with Gasteiger partial charge in [0.2, 0.25) is 0 Å². The van der Waals surface area contributed by atoms with E-state index in [4.69, 9.17) is 42.4 Å². The molecule has 0 bridgehead atoms. The summed E-state index contributed by atoms with van der Waals surface area (Å²) in [5, 5.41) is 6.59. The lowest BCUT2D eigenvalue weighted by molar-refractivity contribution is -0.139. The Morgan fingerprint density at radius 1 is 1.18 bits per heavy atom. The molecular weight excluding hydrogens is 476 g/mol. The van der Waals surface area contributed by atoms with E-state index in [-0.39, 0.29) is 42.0 Å². The number of carbonyl (C=O) groups is 2. The maximum atomic E-state index is 12.7. The molecule has 10 nitrogen and oxygen atoms in total. The molecule has 1 aliphatic rings. The molecule has 1 aromatic heterocycles. The first-order chi connectivity index (χ1) is 15.7. The summed E-state index contributed by atoms with van der Waals surface area (Å²) < 4.78 is 24.8. The van der Waals surface area contributed by atoms with Gasteiger partial charge < -0.3 is 33.7 Å². The predicted molar refractivity (Wildman–Crippen MR) is 120 cm³/mol. The normalized spacial score (nSPS) is 15.5. The summed E-state index contributed by atoms with van der Waals surface area (Å²) in [7, 11) is 0. The zero-order valence-corrected chi connectivity index (χ0v) is 19.3. The third-order valence-electron chi connectivity index (χ3n) is 4.62. The third-order valence-corrected chi connectivity index (χ3v) is 5.07. The van der Waals surface area contributed by atoms with Crippen molar-refractivity contribution in [3.05, 3.63) is 68.3 Å². The number of hydrogen-bond donors (Lipinski definition) is 2. The van der Waals surface area contributed by atoms with Gasteiger partial charge in [-0.05, 0) is 43.8 Å². The Balaban J connectivity index is 1.55. The lowest BCUT2D eigenvalue weighted by Gasteiger charge is -2.29. The second kappa shape index (κ2) is 11.0. The standard InChI is InChI=1S/C21H21ClN2O8S/c1-11-17(18(25)28-7-6-13-4-3-5-14(22)8-13)15(24-19(33)23-11)9-29-20(26)30-10-16-12(2)31-21(27)32-16/h3-5,8,15H,6-7,9-10H2,1-2H3,(H2,23,24,33). The van der Waals surface area contributed by atoms with Crippen LogP contribution in [0.15, 0.2) is 49.2 Å². The van der Waals surface area contributed by atoms with E-state index in [0.717, 1.165) is 5.56 Å². The van der Waals surface area contributed by atoms with Gasteiger partial charge in [-0.15, -0.1) is 0 Å². The van der Waals surface area contributed by atoms with Crippen molar-refractivity contribution in [3.8, 4) is 0 Å². The molecule has 176 valence electrons. The Labute approximate surface area is 198 Å². The molecule has 0 amide bonds. The second-order valence-electron chi connectivity index (χ2n) is 6.99. The molecule has 0 saturated heterocycles. The van der Waals surface area contributed by atoms with Crippen LogP contribution in [0.5, 0.6) is 0 Å². The number of benzene rings is 1. The van der Waals surface area contributed by atoms with Crippen molar-refractivity contribution in [2.45, 2.75) is 32.9 Å². The van der Waals surface area contributed by atoms with Crippen LogP contribution in [0.25, 0.3) is 0 Å². The number of allylic oxidation sites excluding steroid dienone is 1. The molecule has 0 spiro atoms. The first-order valence-corrected chi connectivity index (χ1v) is 10.6. The Kier molecular flexibility index (Phi) is 8.12. The van der Waals surface area contributed by atoms with E-state index < -0.39 is 24.0 Å². The largest absolute Gasteiger partial charge is 0.519 e. The number of esters is 1. The lowest BCUT2D eigenvalue weighted by Crippen LogP contribution is -2.52. The summed E-state index contributed by atoms with van der Waals surface area (Å²) in [4.78, 5) is 35.7. The fraction of sp³-hybridized carbons (Fsp3) is 0.333. The van der Waals surface area contributed by atoms with Crippen LogP contribution >= 0.6 is 23.8 Å². The maximum Gasteiger partial charge on any atom is 0.519 e. The fourth-order valence-electron chi connectivity index (χ4n) is 3.04. The highest BCUT2D eigenvalue weighted by atomic mass is 35.5. The van der Waals surface area contributed by atoms with Crippen molar-refractivity contribution in [2.24, 2.45) is 0 Å². The number of nitrogens with one attached hydrogen (secondary N) is 2. The van der Waals surface area contributed by atoms with Crippen LogP contribution in [0.2, 0.25) is 5.02 Å². The first kappa shape index (κ1) is 24.3. The highest BCUT2D eigenvalue weighted by Gasteiger charge is 2.31. The van der Waals surface area contributed by atoms with E-state index in [9.17, 15) is 14.4 Å². The molecule has 0 fully saturated rings. The van der Waals surface area contributed by atoms with Crippen LogP contribution in [-0.2, 0) is 32.0 Å². The van der Waals surface area contributed by atoms with E-state index in [0.29, 0.717) is 17.1 Å². The molecule has 0 aliphatic carbocycles. The molecule has 0 saturated carbocycles. The Morgan fingerprint density at radius 2 is 1.97 bits per heavy atom. The summed E-state index contributed by atoms with van der Waals surface area (Å²) in [5.74, 6) is -1.22. The minimum absolute atomic E-state index is 0.0674. The van der Waals surface area contributed by atoms with Crippen LogP contribution in [-0.4, -0.2) is 36.5 Å². The van der Waals surface area contributed by atoms with E-state index in [2.05, 4.69) is 15.1 Å². The van der Waals surface area contributed by atoms with Gasteiger partial charge in [-0.2, -0.15) is 0 Å². The second-order valence-corrected chi connectivity index (χ2v) is 7.83. The van der Waals surface area contributed by atoms with Crippen molar-refractivity contribution in [3.63, 3.8) is 0 Å². The van der Waals surface area contributed by atoms with Crippen molar-refractivity contribution < 1.29 is 32.6 Å². The highest BCUT2D eigenvalue weighted by molar-refractivity contribution is 7.80. The molecule has 2 N–H and O–H groups in total. The van der Waals surface area contributed by atoms with Gasteiger partial charge in [0.1, 0.15) is 6.61 Å². The topological polar surface area (TPSA) is 129 Å².